The highest BCUT2D eigenvalue weighted by atomic mass is 16.5. The summed E-state index contributed by atoms with van der Waals surface area (Å²) >= 11 is 0. The maximum Gasteiger partial charge on any atom is 0.326 e. The summed E-state index contributed by atoms with van der Waals surface area (Å²) in [5.74, 6) is -0.549. The van der Waals surface area contributed by atoms with Crippen LogP contribution in [0.2, 0.25) is 0 Å². The molecule has 0 saturated heterocycles. The minimum absolute atomic E-state index is 0.0838. The fourth-order valence-electron chi connectivity index (χ4n) is 2.88. The Morgan fingerprint density at radius 2 is 1.77 bits per heavy atom. The molecule has 0 radical (unpaired) electrons. The SMILES string of the molecule is CCOC(=O)Cn1c(O)c(N=NC(=O)COc2ccccc2OC)c2ccccc21. The van der Waals surface area contributed by atoms with Crippen molar-refractivity contribution in [3.05, 3.63) is 48.5 Å². The highest BCUT2D eigenvalue weighted by Crippen LogP contribution is 2.38. The number of methoxy groups -OCH3 is 1. The van der Waals surface area contributed by atoms with Crippen LogP contribution in [0.15, 0.2) is 58.8 Å². The summed E-state index contributed by atoms with van der Waals surface area (Å²) in [6, 6.07) is 13.8. The molecular weight excluding hydrogens is 390 g/mol. The predicted molar refractivity (Wildman–Crippen MR) is 108 cm³/mol. The lowest BCUT2D eigenvalue weighted by Gasteiger charge is -2.07. The van der Waals surface area contributed by atoms with Crippen LogP contribution < -0.4 is 9.47 Å². The van der Waals surface area contributed by atoms with Crippen molar-refractivity contribution in [3.8, 4) is 17.4 Å². The second-order valence-electron chi connectivity index (χ2n) is 6.11. The van der Waals surface area contributed by atoms with Gasteiger partial charge in [0.2, 0.25) is 5.88 Å². The number of nitrogens with zero attached hydrogens (tertiary/aromatic N) is 3. The number of rotatable bonds is 8. The third-order valence-corrected chi connectivity index (χ3v) is 4.19. The van der Waals surface area contributed by atoms with Gasteiger partial charge in [-0.3, -0.25) is 14.2 Å². The van der Waals surface area contributed by atoms with Gasteiger partial charge in [0, 0.05) is 5.39 Å². The molecule has 1 N–H and O–H groups in total. The summed E-state index contributed by atoms with van der Waals surface area (Å²) in [5.41, 5.74) is 0.648. The van der Waals surface area contributed by atoms with Gasteiger partial charge < -0.3 is 19.3 Å². The fourth-order valence-corrected chi connectivity index (χ4v) is 2.88. The van der Waals surface area contributed by atoms with Crippen LogP contribution >= 0.6 is 0 Å². The molecule has 0 aliphatic carbocycles. The quantitative estimate of drug-likeness (QED) is 0.448. The van der Waals surface area contributed by atoms with Crippen molar-refractivity contribution in [1.29, 1.82) is 0 Å². The van der Waals surface area contributed by atoms with Gasteiger partial charge in [-0.25, -0.2) is 0 Å². The topological polar surface area (TPSA) is 112 Å². The van der Waals surface area contributed by atoms with Gasteiger partial charge in [0.05, 0.1) is 19.2 Å². The number of amides is 1. The number of aromatic hydroxyl groups is 1. The van der Waals surface area contributed by atoms with Gasteiger partial charge >= 0.3 is 11.9 Å². The molecule has 156 valence electrons. The Hall–Kier alpha value is -3.88. The van der Waals surface area contributed by atoms with E-state index in [9.17, 15) is 14.7 Å². The van der Waals surface area contributed by atoms with Gasteiger partial charge in [-0.1, -0.05) is 30.3 Å². The largest absolute Gasteiger partial charge is 0.493 e. The van der Waals surface area contributed by atoms with E-state index in [0.717, 1.165) is 0 Å². The van der Waals surface area contributed by atoms with E-state index >= 15 is 0 Å². The van der Waals surface area contributed by atoms with Crippen LogP contribution in [0.4, 0.5) is 5.69 Å². The lowest BCUT2D eigenvalue weighted by molar-refractivity contribution is -0.143. The molecule has 9 heteroatoms. The number of fused-ring (bicyclic) bond motifs is 1. The number of ether oxygens (including phenoxy) is 3. The van der Waals surface area contributed by atoms with Gasteiger partial charge in [-0.2, -0.15) is 0 Å². The number of carbonyl (C=O) groups is 2. The Morgan fingerprint density at radius 3 is 2.50 bits per heavy atom. The van der Waals surface area contributed by atoms with E-state index in [2.05, 4.69) is 10.2 Å². The third kappa shape index (κ3) is 4.57. The Morgan fingerprint density at radius 1 is 1.07 bits per heavy atom. The smallest absolute Gasteiger partial charge is 0.326 e. The zero-order valence-corrected chi connectivity index (χ0v) is 16.6. The number of azo groups is 1. The molecule has 1 aromatic heterocycles. The van der Waals surface area contributed by atoms with Crippen molar-refractivity contribution in [2.75, 3.05) is 20.3 Å². The van der Waals surface area contributed by atoms with Crippen molar-refractivity contribution < 1.29 is 28.9 Å². The van der Waals surface area contributed by atoms with Crippen LogP contribution in [0.1, 0.15) is 6.92 Å². The van der Waals surface area contributed by atoms with Crippen LogP contribution in [-0.2, 0) is 20.9 Å². The number of carbonyl (C=O) groups excluding carboxylic acids is 2. The summed E-state index contributed by atoms with van der Waals surface area (Å²) in [5, 5.41) is 18.6. The number of hydrogen-bond acceptors (Lipinski definition) is 7. The maximum absolute atomic E-state index is 12.1. The zero-order chi connectivity index (χ0) is 21.5. The van der Waals surface area contributed by atoms with E-state index in [1.165, 1.54) is 11.7 Å². The first-order chi connectivity index (χ1) is 14.5. The van der Waals surface area contributed by atoms with Gasteiger partial charge in [0.15, 0.2) is 23.8 Å². The molecule has 0 fully saturated rings. The maximum atomic E-state index is 12.1. The molecule has 1 amide bonds. The number of aromatic nitrogens is 1. The van der Waals surface area contributed by atoms with Crippen molar-refractivity contribution in [1.82, 2.24) is 4.57 Å². The highest BCUT2D eigenvalue weighted by Gasteiger charge is 2.19. The van der Waals surface area contributed by atoms with Crippen molar-refractivity contribution in [2.24, 2.45) is 10.2 Å². The molecule has 3 rings (SSSR count). The number of benzene rings is 2. The molecule has 0 spiro atoms. The van der Waals surface area contributed by atoms with Crippen LogP contribution in [0.3, 0.4) is 0 Å². The first-order valence-corrected chi connectivity index (χ1v) is 9.21. The van der Waals surface area contributed by atoms with Crippen LogP contribution in [-0.4, -0.2) is 41.9 Å². The Kier molecular flexibility index (Phi) is 6.63. The van der Waals surface area contributed by atoms with E-state index in [0.29, 0.717) is 22.4 Å². The first kappa shape index (κ1) is 20.8. The van der Waals surface area contributed by atoms with Crippen LogP contribution in [0, 0.1) is 0 Å². The molecular formula is C21H21N3O6. The molecule has 0 unspecified atom stereocenters. The van der Waals surface area contributed by atoms with Gasteiger partial charge in [-0.05, 0) is 25.1 Å². The van der Waals surface area contributed by atoms with Crippen LogP contribution in [0.25, 0.3) is 10.9 Å². The lowest BCUT2D eigenvalue weighted by atomic mass is 10.2. The molecule has 0 bridgehead atoms. The summed E-state index contributed by atoms with van der Waals surface area (Å²) in [6.45, 7) is 1.38. The van der Waals surface area contributed by atoms with E-state index in [1.54, 1.807) is 55.5 Å². The van der Waals surface area contributed by atoms with E-state index in [-0.39, 0.29) is 31.3 Å². The standard InChI is InChI=1S/C21H21N3O6/c1-3-29-19(26)12-24-15-9-5-4-8-14(15)20(21(24)27)23-22-18(25)13-30-17-11-7-6-10-16(17)28-2/h4-11,27H,3,12-13H2,1-2H3. The molecule has 0 aliphatic heterocycles. The molecule has 0 aliphatic rings. The summed E-state index contributed by atoms with van der Waals surface area (Å²) in [7, 11) is 1.50. The fraction of sp³-hybridized carbons (Fsp3) is 0.238. The normalized spacial score (nSPS) is 11.0. The monoisotopic (exact) mass is 411 g/mol. The van der Waals surface area contributed by atoms with Crippen molar-refractivity contribution in [2.45, 2.75) is 13.5 Å². The number of para-hydroxylation sites is 3. The second kappa shape index (κ2) is 9.55. The lowest BCUT2D eigenvalue weighted by Crippen LogP contribution is -2.12. The average Bonchev–Trinajstić information content (AvgIpc) is 3.02. The predicted octanol–water partition coefficient (Wildman–Crippen LogP) is 3.61. The van der Waals surface area contributed by atoms with E-state index in [4.69, 9.17) is 14.2 Å². The Labute approximate surface area is 172 Å². The molecule has 30 heavy (non-hydrogen) atoms. The molecule has 2 aromatic carbocycles. The molecule has 9 nitrogen and oxygen atoms in total. The zero-order valence-electron chi connectivity index (χ0n) is 16.6. The first-order valence-electron chi connectivity index (χ1n) is 9.21. The second-order valence-corrected chi connectivity index (χ2v) is 6.11. The minimum Gasteiger partial charge on any atom is -0.493 e. The minimum atomic E-state index is -0.650. The molecule has 1 heterocycles. The van der Waals surface area contributed by atoms with Crippen molar-refractivity contribution in [3.63, 3.8) is 0 Å². The van der Waals surface area contributed by atoms with Gasteiger partial charge in [0.25, 0.3) is 0 Å². The molecule has 3 aromatic rings. The van der Waals surface area contributed by atoms with Gasteiger partial charge in [-0.15, -0.1) is 10.2 Å². The number of hydrogen-bond donors (Lipinski definition) is 1. The molecule has 0 atom stereocenters. The van der Waals surface area contributed by atoms with E-state index in [1.807, 2.05) is 0 Å². The number of esters is 1. The Bertz CT molecular complexity index is 1090. The summed E-state index contributed by atoms with van der Waals surface area (Å²) in [4.78, 5) is 24.0. The van der Waals surface area contributed by atoms with Crippen molar-refractivity contribution >= 4 is 28.5 Å². The third-order valence-electron chi connectivity index (χ3n) is 4.19. The highest BCUT2D eigenvalue weighted by molar-refractivity contribution is 5.96. The van der Waals surface area contributed by atoms with E-state index < -0.39 is 11.9 Å². The molecule has 0 saturated carbocycles. The average molecular weight is 411 g/mol. The Balaban J connectivity index is 1.79. The van der Waals surface area contributed by atoms with Crippen LogP contribution in [0.5, 0.6) is 17.4 Å². The summed E-state index contributed by atoms with van der Waals surface area (Å²) < 4.78 is 16.9. The van der Waals surface area contributed by atoms with Gasteiger partial charge in [0.1, 0.15) is 6.54 Å². The summed E-state index contributed by atoms with van der Waals surface area (Å²) in [6.07, 6.45) is 0.